The molecule has 0 N–H and O–H groups in total. The van der Waals surface area contributed by atoms with Crippen molar-refractivity contribution in [2.45, 2.75) is 12.3 Å². The van der Waals surface area contributed by atoms with Crippen molar-refractivity contribution in [3.63, 3.8) is 0 Å². The summed E-state index contributed by atoms with van der Waals surface area (Å²) in [5.41, 5.74) is 1.73. The van der Waals surface area contributed by atoms with Crippen molar-refractivity contribution in [2.75, 3.05) is 13.2 Å². The molecule has 1 aliphatic rings. The van der Waals surface area contributed by atoms with E-state index in [1.807, 2.05) is 0 Å². The first-order chi connectivity index (χ1) is 10.2. The molecule has 1 aromatic heterocycles. The zero-order valence-electron chi connectivity index (χ0n) is 11.1. The van der Waals surface area contributed by atoms with E-state index >= 15 is 0 Å². The van der Waals surface area contributed by atoms with Gasteiger partial charge in [-0.1, -0.05) is 6.07 Å². The van der Waals surface area contributed by atoms with Crippen LogP contribution >= 0.6 is 0 Å². The van der Waals surface area contributed by atoms with Crippen LogP contribution in [-0.2, 0) is 4.74 Å². The van der Waals surface area contributed by atoms with Crippen molar-refractivity contribution in [3.8, 4) is 5.69 Å². The molecule has 1 aromatic carbocycles. The summed E-state index contributed by atoms with van der Waals surface area (Å²) in [5, 5.41) is 15.2. The number of carbonyl (C=O) groups is 1. The van der Waals surface area contributed by atoms with E-state index in [0.717, 1.165) is 12.7 Å². The Hall–Kier alpha value is -2.54. The molecule has 1 saturated heterocycles. The maximum atomic E-state index is 11.2. The maximum Gasteiger partial charge on any atom is 0.271 e. The van der Waals surface area contributed by atoms with Gasteiger partial charge in [0.2, 0.25) is 0 Å². The number of hydrogen-bond acceptors (Lipinski definition) is 5. The minimum absolute atomic E-state index is 0.0126. The average molecular weight is 287 g/mol. The highest BCUT2D eigenvalue weighted by Gasteiger charge is 2.24. The highest BCUT2D eigenvalue weighted by Crippen LogP contribution is 2.27. The van der Waals surface area contributed by atoms with E-state index in [1.54, 1.807) is 18.3 Å². The van der Waals surface area contributed by atoms with Crippen molar-refractivity contribution >= 4 is 12.0 Å². The van der Waals surface area contributed by atoms with Crippen LogP contribution in [0.4, 0.5) is 5.69 Å². The van der Waals surface area contributed by atoms with Crippen molar-refractivity contribution in [2.24, 2.45) is 0 Å². The fraction of sp³-hybridized carbons (Fsp3) is 0.286. The van der Waals surface area contributed by atoms with Gasteiger partial charge in [0, 0.05) is 30.9 Å². The van der Waals surface area contributed by atoms with Gasteiger partial charge in [-0.15, -0.1) is 0 Å². The Balaban J connectivity index is 2.01. The molecule has 7 heteroatoms. The summed E-state index contributed by atoms with van der Waals surface area (Å²) < 4.78 is 6.83. The first-order valence-electron chi connectivity index (χ1n) is 6.56. The Morgan fingerprint density at radius 2 is 2.33 bits per heavy atom. The summed E-state index contributed by atoms with van der Waals surface area (Å²) in [5.74, 6) is 0.102. The second kappa shape index (κ2) is 5.45. The van der Waals surface area contributed by atoms with Gasteiger partial charge in [-0.25, -0.2) is 4.68 Å². The monoisotopic (exact) mass is 287 g/mol. The fourth-order valence-corrected chi connectivity index (χ4v) is 2.44. The van der Waals surface area contributed by atoms with E-state index in [4.69, 9.17) is 4.74 Å². The molecule has 0 saturated carbocycles. The minimum atomic E-state index is -0.459. The van der Waals surface area contributed by atoms with E-state index in [2.05, 4.69) is 5.10 Å². The number of nitro groups is 1. The minimum Gasteiger partial charge on any atom is -0.381 e. The van der Waals surface area contributed by atoms with Gasteiger partial charge in [-0.05, 0) is 12.5 Å². The number of benzene rings is 1. The van der Waals surface area contributed by atoms with Gasteiger partial charge < -0.3 is 4.74 Å². The van der Waals surface area contributed by atoms with E-state index in [0.29, 0.717) is 30.2 Å². The van der Waals surface area contributed by atoms with Gasteiger partial charge in [0.15, 0.2) is 6.29 Å². The molecule has 7 nitrogen and oxygen atoms in total. The quantitative estimate of drug-likeness (QED) is 0.488. The topological polar surface area (TPSA) is 87.3 Å². The third-order valence-corrected chi connectivity index (χ3v) is 3.52. The zero-order valence-corrected chi connectivity index (χ0v) is 11.1. The van der Waals surface area contributed by atoms with Crippen LogP contribution in [0.5, 0.6) is 0 Å². The molecule has 1 atom stereocenters. The zero-order chi connectivity index (χ0) is 14.8. The lowest BCUT2D eigenvalue weighted by Gasteiger charge is -2.04. The van der Waals surface area contributed by atoms with E-state index in [9.17, 15) is 14.9 Å². The summed E-state index contributed by atoms with van der Waals surface area (Å²) in [4.78, 5) is 21.6. The van der Waals surface area contributed by atoms with Crippen LogP contribution in [0, 0.1) is 10.1 Å². The molecule has 2 aromatic rings. The Morgan fingerprint density at radius 3 is 3.00 bits per heavy atom. The summed E-state index contributed by atoms with van der Waals surface area (Å²) in [6, 6.07) is 6.15. The summed E-state index contributed by atoms with van der Waals surface area (Å²) >= 11 is 0. The van der Waals surface area contributed by atoms with Crippen molar-refractivity contribution in [1.29, 1.82) is 0 Å². The largest absolute Gasteiger partial charge is 0.381 e. The Labute approximate surface area is 120 Å². The number of nitrogens with zero attached hydrogens (tertiary/aromatic N) is 3. The average Bonchev–Trinajstić information content (AvgIpc) is 3.16. The smallest absolute Gasteiger partial charge is 0.271 e. The van der Waals surface area contributed by atoms with Crippen LogP contribution in [0.1, 0.15) is 28.4 Å². The maximum absolute atomic E-state index is 11.2. The molecule has 1 aliphatic heterocycles. The summed E-state index contributed by atoms with van der Waals surface area (Å²) in [6.07, 6.45) is 3.18. The van der Waals surface area contributed by atoms with Crippen LogP contribution in [0.15, 0.2) is 30.5 Å². The predicted octanol–water partition coefficient (Wildman–Crippen LogP) is 2.10. The molecular formula is C14H13N3O4. The molecule has 1 fully saturated rings. The van der Waals surface area contributed by atoms with Gasteiger partial charge in [-0.3, -0.25) is 14.9 Å². The van der Waals surface area contributed by atoms with Gasteiger partial charge in [0.1, 0.15) is 0 Å². The lowest BCUT2D eigenvalue weighted by molar-refractivity contribution is -0.384. The lowest BCUT2D eigenvalue weighted by Crippen LogP contribution is -2.03. The van der Waals surface area contributed by atoms with Crippen LogP contribution in [0.3, 0.4) is 0 Å². The van der Waals surface area contributed by atoms with Gasteiger partial charge in [0.25, 0.3) is 5.69 Å². The Kier molecular flexibility index (Phi) is 3.49. The third kappa shape index (κ3) is 2.55. The number of aldehydes is 1. The SMILES string of the molecule is O=Cc1cn(-c2cccc([N+](=O)[O-])c2)nc1C1CCOC1. The number of non-ortho nitro benzene ring substituents is 1. The summed E-state index contributed by atoms with van der Waals surface area (Å²) in [6.45, 7) is 1.21. The molecule has 0 aliphatic carbocycles. The lowest BCUT2D eigenvalue weighted by atomic mass is 10.0. The number of ether oxygens (including phenoxy) is 1. The molecular weight excluding hydrogens is 274 g/mol. The van der Waals surface area contributed by atoms with Crippen molar-refractivity contribution in [3.05, 3.63) is 51.8 Å². The highest BCUT2D eigenvalue weighted by molar-refractivity contribution is 5.76. The van der Waals surface area contributed by atoms with Gasteiger partial charge in [0.05, 0.1) is 28.5 Å². The highest BCUT2D eigenvalue weighted by atomic mass is 16.6. The predicted molar refractivity (Wildman–Crippen MR) is 73.8 cm³/mol. The summed E-state index contributed by atoms with van der Waals surface area (Å²) in [7, 11) is 0. The molecule has 108 valence electrons. The van der Waals surface area contributed by atoms with Gasteiger partial charge in [-0.2, -0.15) is 5.10 Å². The van der Waals surface area contributed by atoms with Crippen LogP contribution in [0.25, 0.3) is 5.69 Å². The number of rotatable bonds is 4. The first-order valence-corrected chi connectivity index (χ1v) is 6.56. The second-order valence-corrected chi connectivity index (χ2v) is 4.87. The molecule has 1 unspecified atom stereocenters. The number of carbonyl (C=O) groups excluding carboxylic acids is 1. The molecule has 0 spiro atoms. The van der Waals surface area contributed by atoms with Crippen LogP contribution in [0.2, 0.25) is 0 Å². The number of hydrogen-bond donors (Lipinski definition) is 0. The molecule has 0 radical (unpaired) electrons. The van der Waals surface area contributed by atoms with E-state index < -0.39 is 4.92 Å². The van der Waals surface area contributed by atoms with E-state index in [-0.39, 0.29) is 11.6 Å². The molecule has 0 bridgehead atoms. The Bertz CT molecular complexity index is 689. The van der Waals surface area contributed by atoms with E-state index in [1.165, 1.54) is 16.8 Å². The van der Waals surface area contributed by atoms with Crippen molar-refractivity contribution < 1.29 is 14.5 Å². The molecule has 21 heavy (non-hydrogen) atoms. The first kappa shape index (κ1) is 13.4. The normalized spacial score (nSPS) is 17.8. The molecule has 2 heterocycles. The number of aromatic nitrogens is 2. The van der Waals surface area contributed by atoms with Crippen LogP contribution < -0.4 is 0 Å². The molecule has 0 amide bonds. The van der Waals surface area contributed by atoms with Gasteiger partial charge >= 0.3 is 0 Å². The fourth-order valence-electron chi connectivity index (χ4n) is 2.44. The third-order valence-electron chi connectivity index (χ3n) is 3.52. The van der Waals surface area contributed by atoms with Crippen LogP contribution in [-0.4, -0.2) is 34.2 Å². The standard InChI is InChI=1S/C14H13N3O4/c18-8-11-7-16(15-14(11)10-4-5-21-9-10)12-2-1-3-13(6-12)17(19)20/h1-3,6-8,10H,4-5,9H2. The molecule has 3 rings (SSSR count). The number of nitro benzene ring substituents is 1. The second-order valence-electron chi connectivity index (χ2n) is 4.87. The Morgan fingerprint density at radius 1 is 1.48 bits per heavy atom. The van der Waals surface area contributed by atoms with Crippen molar-refractivity contribution in [1.82, 2.24) is 9.78 Å².